The second-order valence-corrected chi connectivity index (χ2v) is 9.62. The van der Waals surface area contributed by atoms with Crippen molar-refractivity contribution in [2.75, 3.05) is 5.75 Å². The number of nitrogens with one attached hydrogen (secondary N) is 1. The number of hydrazone groups is 1. The Morgan fingerprint density at radius 3 is 2.68 bits per heavy atom. The first-order valence-corrected chi connectivity index (χ1v) is 11.5. The highest BCUT2D eigenvalue weighted by Crippen LogP contribution is 2.32. The van der Waals surface area contributed by atoms with Crippen molar-refractivity contribution < 1.29 is 4.79 Å². The molecule has 5 nitrogen and oxygen atoms in total. The first-order valence-electron chi connectivity index (χ1n) is 8.00. The number of thioether (sulfide) groups is 2. The van der Waals surface area contributed by atoms with Gasteiger partial charge in [-0.15, -0.1) is 10.2 Å². The number of benzene rings is 2. The molecule has 0 aliphatic heterocycles. The fourth-order valence-electron chi connectivity index (χ4n) is 1.99. The fourth-order valence-corrected chi connectivity index (χ4v) is 5.29. The third kappa shape index (κ3) is 6.79. The number of halogens is 2. The van der Waals surface area contributed by atoms with E-state index in [4.69, 9.17) is 23.2 Å². The lowest BCUT2D eigenvalue weighted by atomic mass is 10.2. The summed E-state index contributed by atoms with van der Waals surface area (Å²) in [5, 5.41) is 13.5. The van der Waals surface area contributed by atoms with Gasteiger partial charge in [-0.2, -0.15) is 5.10 Å². The molecule has 1 N–H and O–H groups in total. The Labute approximate surface area is 184 Å². The van der Waals surface area contributed by atoms with Gasteiger partial charge >= 0.3 is 0 Å². The number of carbonyl (C=O) groups is 1. The Kier molecular flexibility index (Phi) is 8.17. The van der Waals surface area contributed by atoms with Crippen molar-refractivity contribution in [3.63, 3.8) is 0 Å². The number of hydrogen-bond acceptors (Lipinski definition) is 7. The van der Waals surface area contributed by atoms with Gasteiger partial charge in [0.25, 0.3) is 5.91 Å². The van der Waals surface area contributed by atoms with Crippen LogP contribution in [-0.4, -0.2) is 28.1 Å². The van der Waals surface area contributed by atoms with Crippen molar-refractivity contribution in [3.8, 4) is 0 Å². The van der Waals surface area contributed by atoms with Gasteiger partial charge in [0.05, 0.1) is 12.0 Å². The summed E-state index contributed by atoms with van der Waals surface area (Å²) < 4.78 is 1.57. The molecule has 0 saturated heterocycles. The summed E-state index contributed by atoms with van der Waals surface area (Å²) in [6.45, 7) is 0. The third-order valence-electron chi connectivity index (χ3n) is 3.28. The highest BCUT2D eigenvalue weighted by atomic mass is 35.5. The molecule has 144 valence electrons. The topological polar surface area (TPSA) is 67.2 Å². The maximum atomic E-state index is 11.9. The molecule has 0 unspecified atom stereocenters. The van der Waals surface area contributed by atoms with E-state index in [0.717, 1.165) is 30.6 Å². The number of rotatable bonds is 8. The Morgan fingerprint density at radius 1 is 1.11 bits per heavy atom. The molecule has 10 heteroatoms. The largest absolute Gasteiger partial charge is 0.272 e. The van der Waals surface area contributed by atoms with Crippen molar-refractivity contribution in [1.82, 2.24) is 15.6 Å². The highest BCUT2D eigenvalue weighted by molar-refractivity contribution is 8.03. The maximum absolute atomic E-state index is 11.9. The molecule has 0 aliphatic rings. The quantitative estimate of drug-likeness (QED) is 0.273. The first-order chi connectivity index (χ1) is 13.6. The van der Waals surface area contributed by atoms with Crippen molar-refractivity contribution in [1.29, 1.82) is 0 Å². The summed E-state index contributed by atoms with van der Waals surface area (Å²) in [5.41, 5.74) is 4.35. The lowest BCUT2D eigenvalue weighted by Crippen LogP contribution is -2.19. The van der Waals surface area contributed by atoms with Gasteiger partial charge in [0.2, 0.25) is 0 Å². The van der Waals surface area contributed by atoms with Crippen LogP contribution in [0.25, 0.3) is 0 Å². The van der Waals surface area contributed by atoms with Gasteiger partial charge in [0.1, 0.15) is 0 Å². The van der Waals surface area contributed by atoms with Crippen LogP contribution in [0.5, 0.6) is 0 Å². The van der Waals surface area contributed by atoms with E-state index >= 15 is 0 Å². The van der Waals surface area contributed by atoms with Crippen LogP contribution in [0.1, 0.15) is 11.1 Å². The minimum atomic E-state index is -0.219. The Morgan fingerprint density at radius 2 is 1.89 bits per heavy atom. The normalized spacial score (nSPS) is 11.1. The molecule has 1 heterocycles. The van der Waals surface area contributed by atoms with Gasteiger partial charge in [-0.1, -0.05) is 88.4 Å². The molecule has 1 aromatic heterocycles. The Bertz CT molecular complexity index is 981. The second kappa shape index (κ2) is 10.8. The predicted octanol–water partition coefficient (Wildman–Crippen LogP) is 5.38. The minimum Gasteiger partial charge on any atom is -0.272 e. The molecule has 28 heavy (non-hydrogen) atoms. The van der Waals surface area contributed by atoms with Gasteiger partial charge in [-0.05, 0) is 29.3 Å². The molecule has 0 spiro atoms. The van der Waals surface area contributed by atoms with Crippen LogP contribution < -0.4 is 5.43 Å². The summed E-state index contributed by atoms with van der Waals surface area (Å²) in [5.74, 6) is 0.706. The molecule has 0 aliphatic carbocycles. The van der Waals surface area contributed by atoms with E-state index in [1.54, 1.807) is 30.1 Å². The highest BCUT2D eigenvalue weighted by Gasteiger charge is 2.09. The summed E-state index contributed by atoms with van der Waals surface area (Å²) in [7, 11) is 0. The van der Waals surface area contributed by atoms with E-state index in [0.29, 0.717) is 5.02 Å². The average Bonchev–Trinajstić information content (AvgIpc) is 3.14. The number of carbonyl (C=O) groups excluding carboxylic acids is 1. The van der Waals surface area contributed by atoms with Gasteiger partial charge in [0, 0.05) is 15.8 Å². The van der Waals surface area contributed by atoms with Crippen molar-refractivity contribution in [2.24, 2.45) is 5.10 Å². The van der Waals surface area contributed by atoms with Gasteiger partial charge in [-0.25, -0.2) is 5.43 Å². The smallest absolute Gasteiger partial charge is 0.250 e. The van der Waals surface area contributed by atoms with Crippen LogP contribution in [0.15, 0.2) is 62.3 Å². The van der Waals surface area contributed by atoms with Crippen LogP contribution >= 0.6 is 58.1 Å². The zero-order chi connectivity index (χ0) is 19.8. The fraction of sp³-hybridized carbons (Fsp3) is 0.111. The third-order valence-corrected chi connectivity index (χ3v) is 7.12. The molecular formula is C18H14Cl2N4OS3. The van der Waals surface area contributed by atoms with Gasteiger partial charge < -0.3 is 0 Å². The van der Waals surface area contributed by atoms with E-state index in [1.807, 2.05) is 36.4 Å². The Hall–Kier alpha value is -1.58. The van der Waals surface area contributed by atoms with Crippen LogP contribution in [0, 0.1) is 0 Å². The van der Waals surface area contributed by atoms with Gasteiger partial charge in [-0.3, -0.25) is 4.79 Å². The maximum Gasteiger partial charge on any atom is 0.250 e. The van der Waals surface area contributed by atoms with Crippen LogP contribution in [-0.2, 0) is 10.5 Å². The van der Waals surface area contributed by atoms with Crippen molar-refractivity contribution in [3.05, 3.63) is 69.7 Å². The van der Waals surface area contributed by atoms with E-state index in [1.165, 1.54) is 23.1 Å². The SMILES string of the molecule is O=C(CSc1nnc(SCc2ccccc2Cl)s1)N/N=C/c1cccc(Cl)c1. The molecule has 2 aromatic carbocycles. The molecule has 0 saturated carbocycles. The molecule has 0 radical (unpaired) electrons. The summed E-state index contributed by atoms with van der Waals surface area (Å²) in [4.78, 5) is 11.9. The van der Waals surface area contributed by atoms with E-state index < -0.39 is 0 Å². The molecule has 0 fully saturated rings. The van der Waals surface area contributed by atoms with Crippen LogP contribution in [0.4, 0.5) is 0 Å². The monoisotopic (exact) mass is 468 g/mol. The number of aromatic nitrogens is 2. The minimum absolute atomic E-state index is 0.205. The van der Waals surface area contributed by atoms with Crippen molar-refractivity contribution in [2.45, 2.75) is 14.4 Å². The zero-order valence-corrected chi connectivity index (χ0v) is 18.3. The van der Waals surface area contributed by atoms with E-state index in [2.05, 4.69) is 20.7 Å². The van der Waals surface area contributed by atoms with Crippen molar-refractivity contribution >= 4 is 70.2 Å². The molecule has 3 rings (SSSR count). The molecule has 1 amide bonds. The number of amides is 1. The first kappa shape index (κ1) is 21.1. The predicted molar refractivity (Wildman–Crippen MR) is 119 cm³/mol. The summed E-state index contributed by atoms with van der Waals surface area (Å²) in [6, 6.07) is 14.9. The molecule has 0 bridgehead atoms. The molecular weight excluding hydrogens is 455 g/mol. The Balaban J connectivity index is 1.42. The van der Waals surface area contributed by atoms with Crippen LogP contribution in [0.3, 0.4) is 0 Å². The lowest BCUT2D eigenvalue weighted by molar-refractivity contribution is -0.118. The second-order valence-electron chi connectivity index (χ2n) is 5.35. The molecule has 3 aromatic rings. The lowest BCUT2D eigenvalue weighted by Gasteiger charge is -2.00. The zero-order valence-electron chi connectivity index (χ0n) is 14.3. The molecule has 0 atom stereocenters. The van der Waals surface area contributed by atoms with Crippen LogP contribution in [0.2, 0.25) is 10.0 Å². The summed E-state index contributed by atoms with van der Waals surface area (Å²) >= 11 is 16.4. The van der Waals surface area contributed by atoms with Gasteiger partial charge in [0.15, 0.2) is 8.68 Å². The summed E-state index contributed by atoms with van der Waals surface area (Å²) in [6.07, 6.45) is 1.54. The number of nitrogens with zero attached hydrogens (tertiary/aromatic N) is 3. The standard InChI is InChI=1S/C18H14Cl2N4OS3/c19-14-6-3-4-12(8-14)9-21-22-16(25)11-27-18-24-23-17(28-18)26-10-13-5-1-2-7-15(13)20/h1-9H,10-11H2,(H,22,25)/b21-9+. The van der Waals surface area contributed by atoms with E-state index in [-0.39, 0.29) is 11.7 Å². The van der Waals surface area contributed by atoms with E-state index in [9.17, 15) is 4.79 Å². The average molecular weight is 469 g/mol. The number of hydrogen-bond donors (Lipinski definition) is 1.